The van der Waals surface area contributed by atoms with Crippen LogP contribution in [0.4, 0.5) is 6.01 Å². The third-order valence-corrected chi connectivity index (χ3v) is 6.24. The summed E-state index contributed by atoms with van der Waals surface area (Å²) in [6.45, 7) is 3.74. The number of benzene rings is 1. The fraction of sp³-hybridized carbons (Fsp3) is 0.368. The third kappa shape index (κ3) is 3.52. The number of para-hydroxylation sites is 1. The molecule has 31 heavy (non-hydrogen) atoms. The van der Waals surface area contributed by atoms with Gasteiger partial charge in [0.15, 0.2) is 5.69 Å². The number of tetrazole rings is 1. The molecule has 0 amide bonds. The van der Waals surface area contributed by atoms with Crippen molar-refractivity contribution in [2.75, 3.05) is 18.0 Å². The highest BCUT2D eigenvalue weighted by Gasteiger charge is 2.23. The Hall–Kier alpha value is -3.41. The summed E-state index contributed by atoms with van der Waals surface area (Å²) in [5, 5.41) is 20.7. The van der Waals surface area contributed by atoms with E-state index in [9.17, 15) is 4.79 Å². The highest BCUT2D eigenvalue weighted by atomic mass is 32.2. The summed E-state index contributed by atoms with van der Waals surface area (Å²) in [7, 11) is 1.84. The zero-order chi connectivity index (χ0) is 21.4. The summed E-state index contributed by atoms with van der Waals surface area (Å²) in [5.41, 5.74) is 1.72. The molecule has 11 nitrogen and oxygen atoms in total. The van der Waals surface area contributed by atoms with E-state index < -0.39 is 0 Å². The quantitative estimate of drug-likeness (QED) is 0.415. The first-order chi connectivity index (χ1) is 15.1. The van der Waals surface area contributed by atoms with Crippen molar-refractivity contribution in [2.45, 2.75) is 30.7 Å². The maximum Gasteiger partial charge on any atom is 0.318 e. The minimum Gasteiger partial charge on any atom is -0.407 e. The number of anilines is 1. The van der Waals surface area contributed by atoms with Gasteiger partial charge in [-0.3, -0.25) is 9.48 Å². The van der Waals surface area contributed by atoms with Gasteiger partial charge in [0, 0.05) is 20.1 Å². The molecule has 0 radical (unpaired) electrons. The van der Waals surface area contributed by atoms with Gasteiger partial charge < -0.3 is 9.32 Å². The summed E-state index contributed by atoms with van der Waals surface area (Å²) in [5.74, 6) is 0.896. The van der Waals surface area contributed by atoms with Crippen LogP contribution in [0.2, 0.25) is 0 Å². The van der Waals surface area contributed by atoms with Crippen LogP contribution in [0.15, 0.2) is 44.7 Å². The summed E-state index contributed by atoms with van der Waals surface area (Å²) in [4.78, 5) is 15.3. The van der Waals surface area contributed by atoms with Crippen molar-refractivity contribution in [1.82, 2.24) is 39.8 Å². The Morgan fingerprint density at radius 3 is 2.65 bits per heavy atom. The molecule has 0 bridgehead atoms. The maximum atomic E-state index is 13.3. The maximum absolute atomic E-state index is 13.3. The van der Waals surface area contributed by atoms with Gasteiger partial charge in [-0.25, -0.2) is 4.68 Å². The molecule has 5 rings (SSSR count). The van der Waals surface area contributed by atoms with Crippen molar-refractivity contribution in [1.29, 1.82) is 0 Å². The predicted molar refractivity (Wildman–Crippen MR) is 114 cm³/mol. The number of hydrogen-bond acceptors (Lipinski definition) is 9. The SMILES string of the molecule is Cc1c(-n2nnnc2SCc2nnc(N3CCCC3)o2)c(=O)n(-c2ccccc2)n1C. The second-order valence-corrected chi connectivity index (χ2v) is 8.19. The average molecular weight is 440 g/mol. The van der Waals surface area contributed by atoms with Crippen LogP contribution >= 0.6 is 11.8 Å². The Kier molecular flexibility index (Phi) is 5.06. The van der Waals surface area contributed by atoms with Crippen LogP contribution in [0, 0.1) is 6.92 Å². The van der Waals surface area contributed by atoms with Gasteiger partial charge in [-0.2, -0.15) is 4.68 Å². The second kappa shape index (κ2) is 8.02. The predicted octanol–water partition coefficient (Wildman–Crippen LogP) is 1.74. The number of nitrogens with zero attached hydrogens (tertiary/aromatic N) is 9. The first kappa shape index (κ1) is 19.5. The molecule has 1 aliphatic rings. The van der Waals surface area contributed by atoms with Gasteiger partial charge in [0.1, 0.15) is 0 Å². The van der Waals surface area contributed by atoms with Crippen molar-refractivity contribution < 1.29 is 4.42 Å². The molecule has 1 aromatic carbocycles. The summed E-state index contributed by atoms with van der Waals surface area (Å²) in [6, 6.07) is 10.0. The van der Waals surface area contributed by atoms with Crippen molar-refractivity contribution in [3.8, 4) is 11.4 Å². The lowest BCUT2D eigenvalue weighted by molar-refractivity contribution is 0.509. The molecule has 1 fully saturated rings. The van der Waals surface area contributed by atoms with Gasteiger partial charge in [-0.05, 0) is 42.3 Å². The zero-order valence-corrected chi connectivity index (χ0v) is 18.0. The topological polar surface area (TPSA) is 113 Å². The molecule has 4 aromatic rings. The van der Waals surface area contributed by atoms with Crippen LogP contribution in [-0.2, 0) is 12.8 Å². The lowest BCUT2D eigenvalue weighted by Crippen LogP contribution is -2.22. The van der Waals surface area contributed by atoms with E-state index >= 15 is 0 Å². The van der Waals surface area contributed by atoms with E-state index in [0.717, 1.165) is 37.3 Å². The molecule has 1 aliphatic heterocycles. The minimum atomic E-state index is -0.200. The monoisotopic (exact) mass is 439 g/mol. The standard InChI is InChI=1S/C19H21N9O2S/c1-13-16(17(29)28(25(13)2)14-8-4-3-5-9-14)27-19(22-23-24-27)31-12-15-20-21-18(30-15)26-10-6-7-11-26/h3-5,8-9H,6-7,10-12H2,1-2H3. The average Bonchev–Trinajstić information content (AvgIpc) is 3.56. The van der Waals surface area contributed by atoms with Crippen molar-refractivity contribution in [3.05, 3.63) is 52.3 Å². The van der Waals surface area contributed by atoms with Crippen LogP contribution < -0.4 is 10.5 Å². The van der Waals surface area contributed by atoms with Gasteiger partial charge in [-0.15, -0.1) is 10.2 Å². The number of thioether (sulfide) groups is 1. The Labute approximate surface area is 181 Å². The third-order valence-electron chi connectivity index (χ3n) is 5.33. The lowest BCUT2D eigenvalue weighted by atomic mass is 10.3. The first-order valence-corrected chi connectivity index (χ1v) is 10.9. The van der Waals surface area contributed by atoms with E-state index in [4.69, 9.17) is 4.42 Å². The Morgan fingerprint density at radius 1 is 1.10 bits per heavy atom. The van der Waals surface area contributed by atoms with E-state index in [1.54, 1.807) is 9.36 Å². The zero-order valence-electron chi connectivity index (χ0n) is 17.2. The van der Waals surface area contributed by atoms with Gasteiger partial charge in [0.2, 0.25) is 11.0 Å². The number of rotatable bonds is 6. The smallest absolute Gasteiger partial charge is 0.318 e. The molecular formula is C19H21N9O2S. The van der Waals surface area contributed by atoms with E-state index in [2.05, 4.69) is 30.6 Å². The molecule has 160 valence electrons. The molecule has 1 saturated heterocycles. The normalized spacial score (nSPS) is 13.9. The van der Waals surface area contributed by atoms with Crippen LogP contribution in [0.5, 0.6) is 0 Å². The van der Waals surface area contributed by atoms with Crippen LogP contribution in [0.1, 0.15) is 24.4 Å². The second-order valence-electron chi connectivity index (χ2n) is 7.24. The number of aromatic nitrogens is 8. The molecule has 4 heterocycles. The molecule has 0 saturated carbocycles. The van der Waals surface area contributed by atoms with E-state index in [0.29, 0.717) is 28.5 Å². The molecular weight excluding hydrogens is 418 g/mol. The van der Waals surface area contributed by atoms with Crippen molar-refractivity contribution >= 4 is 17.8 Å². The lowest BCUT2D eigenvalue weighted by Gasteiger charge is -2.09. The molecule has 0 atom stereocenters. The molecule has 12 heteroatoms. The Morgan fingerprint density at radius 2 is 1.87 bits per heavy atom. The Balaban J connectivity index is 1.41. The van der Waals surface area contributed by atoms with E-state index in [1.165, 1.54) is 16.4 Å². The summed E-state index contributed by atoms with van der Waals surface area (Å²) < 4.78 is 10.6. The molecule has 0 spiro atoms. The highest BCUT2D eigenvalue weighted by molar-refractivity contribution is 7.98. The number of hydrogen-bond donors (Lipinski definition) is 0. The summed E-state index contributed by atoms with van der Waals surface area (Å²) in [6.07, 6.45) is 2.27. The van der Waals surface area contributed by atoms with E-state index in [1.807, 2.05) is 44.3 Å². The first-order valence-electron chi connectivity index (χ1n) is 9.96. The van der Waals surface area contributed by atoms with Crippen LogP contribution in [0.3, 0.4) is 0 Å². The molecule has 0 N–H and O–H groups in total. The van der Waals surface area contributed by atoms with Gasteiger partial charge in [0.25, 0.3) is 5.56 Å². The van der Waals surface area contributed by atoms with Crippen molar-refractivity contribution in [3.63, 3.8) is 0 Å². The van der Waals surface area contributed by atoms with Gasteiger partial charge >= 0.3 is 6.01 Å². The largest absolute Gasteiger partial charge is 0.407 e. The molecule has 3 aromatic heterocycles. The van der Waals surface area contributed by atoms with Crippen LogP contribution in [0.25, 0.3) is 11.4 Å². The Bertz CT molecular complexity index is 1250. The van der Waals surface area contributed by atoms with Crippen molar-refractivity contribution in [2.24, 2.45) is 7.05 Å². The molecule has 0 aliphatic carbocycles. The summed E-state index contributed by atoms with van der Waals surface area (Å²) >= 11 is 1.34. The highest BCUT2D eigenvalue weighted by Crippen LogP contribution is 2.25. The van der Waals surface area contributed by atoms with Gasteiger partial charge in [0.05, 0.1) is 17.1 Å². The minimum absolute atomic E-state index is 0.200. The van der Waals surface area contributed by atoms with Gasteiger partial charge in [-0.1, -0.05) is 35.1 Å². The van der Waals surface area contributed by atoms with E-state index in [-0.39, 0.29) is 5.56 Å². The molecule has 0 unspecified atom stereocenters. The fourth-order valence-electron chi connectivity index (χ4n) is 3.67. The fourth-order valence-corrected chi connectivity index (χ4v) is 4.39. The van der Waals surface area contributed by atoms with Crippen LogP contribution in [-0.4, -0.2) is 52.9 Å².